The SMILES string of the molecule is O=C(Nc1nnc(C(F)F)s1)[C@H]1CCO[C@@H]1c1cnn(Cc2ccccc2)c1. The Morgan fingerprint density at radius 2 is 2.14 bits per heavy atom. The highest BCUT2D eigenvalue weighted by Gasteiger charge is 2.36. The molecule has 1 saturated heterocycles. The smallest absolute Gasteiger partial charge is 0.291 e. The van der Waals surface area contributed by atoms with E-state index in [4.69, 9.17) is 4.74 Å². The van der Waals surface area contributed by atoms with E-state index in [1.54, 1.807) is 10.9 Å². The second-order valence-electron chi connectivity index (χ2n) is 6.38. The minimum Gasteiger partial charge on any atom is -0.373 e. The Balaban J connectivity index is 1.43. The lowest BCUT2D eigenvalue weighted by molar-refractivity contribution is -0.121. The molecule has 0 unspecified atom stereocenters. The van der Waals surface area contributed by atoms with Gasteiger partial charge in [0, 0.05) is 18.4 Å². The van der Waals surface area contributed by atoms with Crippen molar-refractivity contribution in [2.45, 2.75) is 25.5 Å². The van der Waals surface area contributed by atoms with Gasteiger partial charge in [0.15, 0.2) is 5.01 Å². The third kappa shape index (κ3) is 4.07. The van der Waals surface area contributed by atoms with Crippen LogP contribution in [0.1, 0.15) is 35.1 Å². The Labute approximate surface area is 163 Å². The van der Waals surface area contributed by atoms with Crippen LogP contribution < -0.4 is 5.32 Å². The van der Waals surface area contributed by atoms with E-state index in [9.17, 15) is 13.6 Å². The number of anilines is 1. The second kappa shape index (κ2) is 8.11. The lowest BCUT2D eigenvalue weighted by Crippen LogP contribution is -2.25. The van der Waals surface area contributed by atoms with Crippen LogP contribution in [0.5, 0.6) is 0 Å². The fourth-order valence-electron chi connectivity index (χ4n) is 3.14. The molecule has 1 fully saturated rings. The molecule has 10 heteroatoms. The lowest BCUT2D eigenvalue weighted by Gasteiger charge is -2.15. The van der Waals surface area contributed by atoms with Gasteiger partial charge in [-0.2, -0.15) is 5.10 Å². The zero-order chi connectivity index (χ0) is 19.5. The number of alkyl halides is 2. The molecule has 0 bridgehead atoms. The quantitative estimate of drug-likeness (QED) is 0.679. The molecule has 2 atom stereocenters. The maximum Gasteiger partial charge on any atom is 0.291 e. The van der Waals surface area contributed by atoms with Crippen LogP contribution in [0.2, 0.25) is 0 Å². The zero-order valence-electron chi connectivity index (χ0n) is 14.7. The summed E-state index contributed by atoms with van der Waals surface area (Å²) in [6, 6.07) is 9.91. The maximum atomic E-state index is 12.6. The van der Waals surface area contributed by atoms with Crippen LogP contribution in [0.3, 0.4) is 0 Å². The molecule has 1 amide bonds. The summed E-state index contributed by atoms with van der Waals surface area (Å²) >= 11 is 0.669. The molecule has 1 N–H and O–H groups in total. The molecule has 3 heterocycles. The molecule has 1 aliphatic heterocycles. The first kappa shape index (κ1) is 18.6. The predicted molar refractivity (Wildman–Crippen MR) is 98.1 cm³/mol. The molecule has 7 nitrogen and oxygen atoms in total. The molecule has 3 aromatic rings. The van der Waals surface area contributed by atoms with Crippen LogP contribution in [0, 0.1) is 5.92 Å². The summed E-state index contributed by atoms with van der Waals surface area (Å²) in [7, 11) is 0. The first-order chi connectivity index (χ1) is 13.6. The Morgan fingerprint density at radius 1 is 1.32 bits per heavy atom. The van der Waals surface area contributed by atoms with E-state index in [1.165, 1.54) is 0 Å². The van der Waals surface area contributed by atoms with E-state index < -0.39 is 23.5 Å². The number of rotatable bonds is 6. The summed E-state index contributed by atoms with van der Waals surface area (Å²) in [5.74, 6) is -0.774. The average molecular weight is 405 g/mol. The Kier molecular flexibility index (Phi) is 5.40. The van der Waals surface area contributed by atoms with Gasteiger partial charge in [-0.15, -0.1) is 10.2 Å². The lowest BCUT2D eigenvalue weighted by atomic mass is 9.96. The number of nitrogens with zero attached hydrogens (tertiary/aromatic N) is 4. The van der Waals surface area contributed by atoms with Crippen molar-refractivity contribution < 1.29 is 18.3 Å². The molecular formula is C18H17F2N5O2S. The number of hydrogen-bond acceptors (Lipinski definition) is 6. The van der Waals surface area contributed by atoms with E-state index in [0.29, 0.717) is 30.9 Å². The van der Waals surface area contributed by atoms with E-state index in [-0.39, 0.29) is 11.0 Å². The normalized spacial score (nSPS) is 19.2. The molecule has 0 aliphatic carbocycles. The van der Waals surface area contributed by atoms with Gasteiger partial charge in [0.1, 0.15) is 0 Å². The summed E-state index contributed by atoms with van der Waals surface area (Å²) < 4.78 is 32.8. The zero-order valence-corrected chi connectivity index (χ0v) is 15.5. The highest BCUT2D eigenvalue weighted by Crippen LogP contribution is 2.35. The first-order valence-corrected chi connectivity index (χ1v) is 9.52. The van der Waals surface area contributed by atoms with Gasteiger partial charge in [-0.05, 0) is 12.0 Å². The van der Waals surface area contributed by atoms with Crippen molar-refractivity contribution in [3.05, 3.63) is 58.9 Å². The molecule has 0 spiro atoms. The van der Waals surface area contributed by atoms with Crippen LogP contribution in [0.25, 0.3) is 0 Å². The molecule has 1 aromatic carbocycles. The highest BCUT2D eigenvalue weighted by molar-refractivity contribution is 7.15. The second-order valence-corrected chi connectivity index (χ2v) is 7.39. The number of nitrogens with one attached hydrogen (secondary N) is 1. The van der Waals surface area contributed by atoms with Gasteiger partial charge < -0.3 is 10.1 Å². The fourth-order valence-corrected chi connectivity index (χ4v) is 3.74. The van der Waals surface area contributed by atoms with Gasteiger partial charge in [0.2, 0.25) is 11.0 Å². The van der Waals surface area contributed by atoms with Crippen LogP contribution in [0.4, 0.5) is 13.9 Å². The Morgan fingerprint density at radius 3 is 2.89 bits per heavy atom. The standard InChI is InChI=1S/C18H17F2N5O2S/c19-15(20)17-23-24-18(28-17)22-16(26)13-6-7-27-14(13)12-8-21-25(10-12)9-11-4-2-1-3-5-11/h1-5,8,10,13-15H,6-7,9H2,(H,22,24,26)/t13-,14+/m0/s1. The van der Waals surface area contributed by atoms with Crippen molar-refractivity contribution in [3.63, 3.8) is 0 Å². The molecule has 28 heavy (non-hydrogen) atoms. The number of ether oxygens (including phenoxy) is 1. The van der Waals surface area contributed by atoms with E-state index in [0.717, 1.165) is 11.1 Å². The van der Waals surface area contributed by atoms with Gasteiger partial charge in [0.25, 0.3) is 6.43 Å². The monoisotopic (exact) mass is 405 g/mol. The summed E-state index contributed by atoms with van der Waals surface area (Å²) in [4.78, 5) is 12.6. The van der Waals surface area contributed by atoms with Gasteiger partial charge in [-0.25, -0.2) is 8.78 Å². The van der Waals surface area contributed by atoms with Crippen LogP contribution in [-0.4, -0.2) is 32.5 Å². The van der Waals surface area contributed by atoms with Gasteiger partial charge in [-0.1, -0.05) is 41.7 Å². The van der Waals surface area contributed by atoms with E-state index >= 15 is 0 Å². The van der Waals surface area contributed by atoms with E-state index in [2.05, 4.69) is 20.6 Å². The molecule has 0 radical (unpaired) electrons. The number of amides is 1. The summed E-state index contributed by atoms with van der Waals surface area (Å²) in [6.07, 6.45) is 0.941. The van der Waals surface area contributed by atoms with Crippen molar-refractivity contribution in [1.82, 2.24) is 20.0 Å². The third-order valence-corrected chi connectivity index (χ3v) is 5.30. The number of aromatic nitrogens is 4. The van der Waals surface area contributed by atoms with Crippen molar-refractivity contribution in [3.8, 4) is 0 Å². The van der Waals surface area contributed by atoms with Gasteiger partial charge in [0.05, 0.1) is 24.8 Å². The Hall–Kier alpha value is -2.72. The third-order valence-electron chi connectivity index (χ3n) is 4.46. The average Bonchev–Trinajstić information content (AvgIpc) is 3.42. The van der Waals surface area contributed by atoms with Crippen LogP contribution in [0.15, 0.2) is 42.7 Å². The molecular weight excluding hydrogens is 388 g/mol. The molecule has 4 rings (SSSR count). The number of carbonyl (C=O) groups excluding carboxylic acids is 1. The maximum absolute atomic E-state index is 12.6. The number of benzene rings is 1. The fraction of sp³-hybridized carbons (Fsp3) is 0.333. The first-order valence-electron chi connectivity index (χ1n) is 8.70. The van der Waals surface area contributed by atoms with Crippen molar-refractivity contribution in [2.75, 3.05) is 11.9 Å². The van der Waals surface area contributed by atoms with E-state index in [1.807, 2.05) is 36.5 Å². The van der Waals surface area contributed by atoms with Gasteiger partial charge in [-0.3, -0.25) is 9.48 Å². The number of hydrogen-bond donors (Lipinski definition) is 1. The van der Waals surface area contributed by atoms with Crippen molar-refractivity contribution in [2.24, 2.45) is 5.92 Å². The molecule has 0 saturated carbocycles. The minimum absolute atomic E-state index is 0.0609. The largest absolute Gasteiger partial charge is 0.373 e. The van der Waals surface area contributed by atoms with Crippen LogP contribution in [-0.2, 0) is 16.1 Å². The number of carbonyl (C=O) groups is 1. The molecule has 146 valence electrons. The highest BCUT2D eigenvalue weighted by atomic mass is 32.1. The van der Waals surface area contributed by atoms with Gasteiger partial charge >= 0.3 is 0 Å². The molecule has 2 aromatic heterocycles. The van der Waals surface area contributed by atoms with Crippen molar-refractivity contribution in [1.29, 1.82) is 0 Å². The molecule has 1 aliphatic rings. The topological polar surface area (TPSA) is 81.9 Å². The Bertz CT molecular complexity index is 946. The summed E-state index contributed by atoms with van der Waals surface area (Å²) in [5.41, 5.74) is 1.92. The van der Waals surface area contributed by atoms with Crippen molar-refractivity contribution >= 4 is 22.4 Å². The van der Waals surface area contributed by atoms with Crippen LogP contribution >= 0.6 is 11.3 Å². The number of halogens is 2. The minimum atomic E-state index is -2.71. The summed E-state index contributed by atoms with van der Waals surface area (Å²) in [6.45, 7) is 1.05. The summed E-state index contributed by atoms with van der Waals surface area (Å²) in [5, 5.41) is 13.5. The predicted octanol–water partition coefficient (Wildman–Crippen LogP) is 3.44.